The quantitative estimate of drug-likeness (QED) is 0.766. The molecule has 3 rings (SSSR count). The molecule has 0 amide bonds. The van der Waals surface area contributed by atoms with E-state index in [1.807, 2.05) is 0 Å². The lowest BCUT2D eigenvalue weighted by molar-refractivity contribution is 0.177. The third-order valence-corrected chi connectivity index (χ3v) is 4.66. The second-order valence-electron chi connectivity index (χ2n) is 7.21. The molecule has 0 saturated carbocycles. The van der Waals surface area contributed by atoms with Crippen LogP contribution >= 0.6 is 0 Å². The molecule has 0 aromatic heterocycles. The topological polar surface area (TPSA) is 12.5 Å². The zero-order valence-corrected chi connectivity index (χ0v) is 12.6. The van der Waals surface area contributed by atoms with Crippen LogP contribution in [0.4, 0.5) is 5.69 Å². The zero-order chi connectivity index (χ0) is 13.6. The average Bonchev–Trinajstić information content (AvgIpc) is 2.88. The fourth-order valence-electron chi connectivity index (χ4n) is 3.30. The predicted molar refractivity (Wildman–Crippen MR) is 79.9 cm³/mol. The molecule has 0 N–H and O–H groups in total. The van der Waals surface area contributed by atoms with Crippen molar-refractivity contribution >= 4 is 5.69 Å². The maximum atomic E-state index is 5.58. The normalized spacial score (nSPS) is 26.8. The Morgan fingerprint density at radius 1 is 1.11 bits per heavy atom. The Balaban J connectivity index is 1.88. The van der Waals surface area contributed by atoms with Crippen molar-refractivity contribution in [2.45, 2.75) is 33.1 Å². The molecular weight excluding hydrogens is 234 g/mol. The smallest absolute Gasteiger partial charge is 0.0515 e. The Hall–Kier alpha value is -1.02. The summed E-state index contributed by atoms with van der Waals surface area (Å²) in [6, 6.07) is 6.95. The highest BCUT2D eigenvalue weighted by molar-refractivity contribution is 5.57. The van der Waals surface area contributed by atoms with Gasteiger partial charge in [0.1, 0.15) is 0 Å². The third-order valence-electron chi connectivity index (χ3n) is 4.66. The summed E-state index contributed by atoms with van der Waals surface area (Å²) in [6.07, 6.45) is 0. The minimum Gasteiger partial charge on any atom is -0.381 e. The van der Waals surface area contributed by atoms with E-state index in [4.69, 9.17) is 4.74 Å². The first kappa shape index (κ1) is 13.0. The van der Waals surface area contributed by atoms with E-state index in [1.54, 1.807) is 0 Å². The first-order chi connectivity index (χ1) is 8.95. The fraction of sp³-hybridized carbons (Fsp3) is 0.647. The van der Waals surface area contributed by atoms with E-state index in [1.165, 1.54) is 29.9 Å². The van der Waals surface area contributed by atoms with Crippen LogP contribution in [0.2, 0.25) is 0 Å². The number of hydrogen-bond acceptors (Lipinski definition) is 2. The molecule has 19 heavy (non-hydrogen) atoms. The van der Waals surface area contributed by atoms with Gasteiger partial charge in [0.15, 0.2) is 0 Å². The predicted octanol–water partition coefficient (Wildman–Crippen LogP) is 3.38. The van der Waals surface area contributed by atoms with Crippen molar-refractivity contribution in [3.63, 3.8) is 0 Å². The van der Waals surface area contributed by atoms with E-state index in [0.717, 1.165) is 25.0 Å². The molecule has 0 aliphatic carbocycles. The van der Waals surface area contributed by atoms with Crippen molar-refractivity contribution < 1.29 is 4.74 Å². The summed E-state index contributed by atoms with van der Waals surface area (Å²) in [5.74, 6) is 1.50. The first-order valence-electron chi connectivity index (χ1n) is 7.39. The molecule has 2 atom stereocenters. The van der Waals surface area contributed by atoms with Crippen LogP contribution < -0.4 is 4.90 Å². The maximum absolute atomic E-state index is 5.58. The Bertz CT molecular complexity index is 463. The van der Waals surface area contributed by atoms with Gasteiger partial charge in [-0.2, -0.15) is 0 Å². The van der Waals surface area contributed by atoms with Crippen LogP contribution in [-0.2, 0) is 10.2 Å². The van der Waals surface area contributed by atoms with Crippen LogP contribution in [0.3, 0.4) is 0 Å². The third kappa shape index (κ3) is 2.38. The van der Waals surface area contributed by atoms with E-state index >= 15 is 0 Å². The highest BCUT2D eigenvalue weighted by atomic mass is 16.5. The summed E-state index contributed by atoms with van der Waals surface area (Å²) in [6.45, 7) is 13.3. The first-order valence-corrected chi connectivity index (χ1v) is 7.39. The summed E-state index contributed by atoms with van der Waals surface area (Å²) in [5.41, 5.74) is 4.48. The zero-order valence-electron chi connectivity index (χ0n) is 12.6. The van der Waals surface area contributed by atoms with E-state index < -0.39 is 0 Å². The summed E-state index contributed by atoms with van der Waals surface area (Å²) < 4.78 is 5.58. The van der Waals surface area contributed by atoms with E-state index in [9.17, 15) is 0 Å². The number of benzene rings is 1. The van der Waals surface area contributed by atoms with Gasteiger partial charge in [0.05, 0.1) is 13.2 Å². The van der Waals surface area contributed by atoms with Crippen LogP contribution in [0.5, 0.6) is 0 Å². The minimum atomic E-state index is 0.223. The number of nitrogens with zero attached hydrogens (tertiary/aromatic N) is 1. The number of hydrogen-bond donors (Lipinski definition) is 0. The molecule has 104 valence electrons. The number of fused-ring (bicyclic) bond motifs is 1. The number of rotatable bonds is 1. The van der Waals surface area contributed by atoms with Crippen LogP contribution in [0.25, 0.3) is 0 Å². The van der Waals surface area contributed by atoms with E-state index in [2.05, 4.69) is 50.8 Å². The molecule has 1 aromatic rings. The van der Waals surface area contributed by atoms with Crippen molar-refractivity contribution in [3.8, 4) is 0 Å². The minimum absolute atomic E-state index is 0.223. The lowest BCUT2D eigenvalue weighted by Crippen LogP contribution is -2.24. The molecule has 2 aliphatic heterocycles. The van der Waals surface area contributed by atoms with Gasteiger partial charge in [-0.25, -0.2) is 0 Å². The molecule has 2 heteroatoms. The molecule has 0 unspecified atom stereocenters. The largest absolute Gasteiger partial charge is 0.381 e. The highest BCUT2D eigenvalue weighted by Gasteiger charge is 2.37. The van der Waals surface area contributed by atoms with Gasteiger partial charge in [-0.3, -0.25) is 0 Å². The van der Waals surface area contributed by atoms with Crippen LogP contribution in [0, 0.1) is 18.8 Å². The van der Waals surface area contributed by atoms with Crippen LogP contribution in [0.15, 0.2) is 18.2 Å². The summed E-state index contributed by atoms with van der Waals surface area (Å²) in [5, 5.41) is 0. The summed E-state index contributed by atoms with van der Waals surface area (Å²) >= 11 is 0. The lowest BCUT2D eigenvalue weighted by Gasteiger charge is -2.26. The molecular formula is C17H25NO. The molecule has 2 nitrogen and oxygen atoms in total. The fourth-order valence-corrected chi connectivity index (χ4v) is 3.30. The highest BCUT2D eigenvalue weighted by Crippen LogP contribution is 2.36. The van der Waals surface area contributed by atoms with Gasteiger partial charge in [0.2, 0.25) is 0 Å². The second-order valence-corrected chi connectivity index (χ2v) is 7.21. The number of aryl methyl sites for hydroxylation is 1. The SMILES string of the molecule is Cc1ccc(C(C)(C)C)cc1N1C[C@H]2COC[C@@H]2C1. The van der Waals surface area contributed by atoms with E-state index in [0.29, 0.717) is 0 Å². The maximum Gasteiger partial charge on any atom is 0.0515 e. The Morgan fingerprint density at radius 3 is 2.32 bits per heavy atom. The molecule has 0 radical (unpaired) electrons. The number of ether oxygens (including phenoxy) is 1. The van der Waals surface area contributed by atoms with Crippen molar-refractivity contribution in [3.05, 3.63) is 29.3 Å². The van der Waals surface area contributed by atoms with Crippen molar-refractivity contribution in [1.82, 2.24) is 0 Å². The van der Waals surface area contributed by atoms with Gasteiger partial charge in [-0.1, -0.05) is 32.9 Å². The lowest BCUT2D eigenvalue weighted by atomic mass is 9.86. The number of anilines is 1. The monoisotopic (exact) mass is 259 g/mol. The molecule has 0 bridgehead atoms. The molecule has 2 saturated heterocycles. The van der Waals surface area contributed by atoms with Crippen molar-refractivity contribution in [2.24, 2.45) is 11.8 Å². The van der Waals surface area contributed by atoms with Gasteiger partial charge in [0.25, 0.3) is 0 Å². The van der Waals surface area contributed by atoms with Crippen LogP contribution in [0.1, 0.15) is 31.9 Å². The van der Waals surface area contributed by atoms with Gasteiger partial charge in [-0.15, -0.1) is 0 Å². The summed E-state index contributed by atoms with van der Waals surface area (Å²) in [4.78, 5) is 2.57. The Labute approximate surface area is 116 Å². The van der Waals surface area contributed by atoms with Crippen molar-refractivity contribution in [1.29, 1.82) is 0 Å². The van der Waals surface area contributed by atoms with Gasteiger partial charge in [0, 0.05) is 30.6 Å². The van der Waals surface area contributed by atoms with Gasteiger partial charge < -0.3 is 9.64 Å². The Morgan fingerprint density at radius 2 is 1.74 bits per heavy atom. The molecule has 1 aromatic carbocycles. The van der Waals surface area contributed by atoms with Crippen molar-refractivity contribution in [2.75, 3.05) is 31.2 Å². The molecule has 2 fully saturated rings. The second kappa shape index (κ2) is 4.52. The molecule has 0 spiro atoms. The summed E-state index contributed by atoms with van der Waals surface area (Å²) in [7, 11) is 0. The molecule has 2 heterocycles. The van der Waals surface area contributed by atoms with E-state index in [-0.39, 0.29) is 5.41 Å². The molecule has 2 aliphatic rings. The standard InChI is InChI=1S/C17H25NO/c1-12-5-6-15(17(2,3)4)7-16(12)18-8-13-10-19-11-14(13)9-18/h5-7,13-14H,8-11H2,1-4H3/t13-,14-/m0/s1. The Kier molecular flexibility index (Phi) is 3.09. The van der Waals surface area contributed by atoms with Gasteiger partial charge in [-0.05, 0) is 29.5 Å². The van der Waals surface area contributed by atoms with Gasteiger partial charge >= 0.3 is 0 Å². The van der Waals surface area contributed by atoms with Crippen LogP contribution in [-0.4, -0.2) is 26.3 Å². The average molecular weight is 259 g/mol.